The van der Waals surface area contributed by atoms with E-state index in [1.807, 2.05) is 31.2 Å². The number of halogens is 1. The van der Waals surface area contributed by atoms with Gasteiger partial charge in [-0.3, -0.25) is 4.79 Å². The molecular weight excluding hydrogens is 444 g/mol. The van der Waals surface area contributed by atoms with Crippen molar-refractivity contribution in [1.82, 2.24) is 4.31 Å². The van der Waals surface area contributed by atoms with Gasteiger partial charge in [-0.25, -0.2) is 8.42 Å². The molecule has 164 valence electrons. The molecule has 0 bridgehead atoms. The third-order valence-electron chi connectivity index (χ3n) is 4.60. The zero-order valence-corrected chi connectivity index (χ0v) is 19.9. The fraction of sp³-hybridized carbons (Fsp3) is 0.381. The van der Waals surface area contributed by atoms with Crippen molar-refractivity contribution in [3.05, 3.63) is 53.1 Å². The summed E-state index contributed by atoms with van der Waals surface area (Å²) < 4.78 is 32.2. The lowest BCUT2D eigenvalue weighted by molar-refractivity contribution is -0.113. The molecule has 30 heavy (non-hydrogen) atoms. The first-order valence-electron chi connectivity index (χ1n) is 9.58. The van der Waals surface area contributed by atoms with Gasteiger partial charge in [0.25, 0.3) is 0 Å². The van der Waals surface area contributed by atoms with Gasteiger partial charge in [-0.15, -0.1) is 11.8 Å². The Morgan fingerprint density at radius 3 is 2.47 bits per heavy atom. The zero-order valence-electron chi connectivity index (χ0n) is 17.5. The Balaban J connectivity index is 2.15. The van der Waals surface area contributed by atoms with E-state index >= 15 is 0 Å². The Hall–Kier alpha value is -1.74. The third kappa shape index (κ3) is 5.91. The van der Waals surface area contributed by atoms with Gasteiger partial charge in [0.15, 0.2) is 0 Å². The van der Waals surface area contributed by atoms with Crippen LogP contribution in [0.15, 0.2) is 47.4 Å². The van der Waals surface area contributed by atoms with Crippen molar-refractivity contribution in [2.75, 3.05) is 31.3 Å². The van der Waals surface area contributed by atoms with Crippen LogP contribution in [0.5, 0.6) is 5.75 Å². The monoisotopic (exact) mass is 470 g/mol. The minimum atomic E-state index is -3.64. The molecule has 2 aromatic rings. The Kier molecular flexibility index (Phi) is 9.03. The largest absolute Gasteiger partial charge is 0.495 e. The number of nitrogens with zero attached hydrogens (tertiary/aromatic N) is 1. The second-order valence-electron chi connectivity index (χ2n) is 6.47. The number of amides is 1. The van der Waals surface area contributed by atoms with Crippen LogP contribution in [-0.4, -0.2) is 44.6 Å². The number of thioether (sulfide) groups is 1. The average Bonchev–Trinajstić information content (AvgIpc) is 2.73. The summed E-state index contributed by atoms with van der Waals surface area (Å²) >= 11 is 7.66. The highest BCUT2D eigenvalue weighted by Crippen LogP contribution is 2.33. The molecule has 0 heterocycles. The van der Waals surface area contributed by atoms with Gasteiger partial charge in [-0.1, -0.05) is 43.6 Å². The SMILES string of the molecule is CCN(CC)S(=O)(=O)c1ccc(OC)c(NC(=O)CSC(C)c2ccccc2Cl)c1. The summed E-state index contributed by atoms with van der Waals surface area (Å²) in [6, 6.07) is 12.0. The maximum Gasteiger partial charge on any atom is 0.243 e. The number of anilines is 1. The molecule has 0 saturated heterocycles. The molecule has 9 heteroatoms. The van der Waals surface area contributed by atoms with Crippen molar-refractivity contribution in [1.29, 1.82) is 0 Å². The Labute approximate surface area is 188 Å². The standard InChI is InChI=1S/C21H27ClN2O4S2/c1-5-24(6-2)30(26,27)16-11-12-20(28-4)19(13-16)23-21(25)14-29-15(3)17-9-7-8-10-18(17)22/h7-13,15H,5-6,14H2,1-4H3,(H,23,25). The number of carbonyl (C=O) groups excluding carboxylic acids is 1. The predicted molar refractivity (Wildman–Crippen MR) is 124 cm³/mol. The van der Waals surface area contributed by atoms with Gasteiger partial charge in [0.2, 0.25) is 15.9 Å². The molecule has 2 aromatic carbocycles. The van der Waals surface area contributed by atoms with Crippen LogP contribution in [0.1, 0.15) is 31.6 Å². The van der Waals surface area contributed by atoms with Crippen molar-refractivity contribution in [2.24, 2.45) is 0 Å². The summed E-state index contributed by atoms with van der Waals surface area (Å²) in [5.41, 5.74) is 1.28. The lowest BCUT2D eigenvalue weighted by atomic mass is 10.2. The van der Waals surface area contributed by atoms with Gasteiger partial charge in [0, 0.05) is 23.4 Å². The van der Waals surface area contributed by atoms with E-state index in [-0.39, 0.29) is 21.8 Å². The molecule has 0 saturated carbocycles. The van der Waals surface area contributed by atoms with Crippen molar-refractivity contribution >= 4 is 45.0 Å². The summed E-state index contributed by atoms with van der Waals surface area (Å²) in [7, 11) is -2.17. The van der Waals surface area contributed by atoms with Crippen molar-refractivity contribution in [2.45, 2.75) is 30.9 Å². The van der Waals surface area contributed by atoms with Gasteiger partial charge in [-0.05, 0) is 36.8 Å². The van der Waals surface area contributed by atoms with E-state index in [1.165, 1.54) is 35.3 Å². The van der Waals surface area contributed by atoms with Crippen LogP contribution in [0.25, 0.3) is 0 Å². The first kappa shape index (κ1) is 24.5. The van der Waals surface area contributed by atoms with Crippen LogP contribution < -0.4 is 10.1 Å². The molecule has 1 N–H and O–H groups in total. The summed E-state index contributed by atoms with van der Waals surface area (Å²) in [6.45, 7) is 6.28. The van der Waals surface area contributed by atoms with E-state index in [0.29, 0.717) is 29.5 Å². The quantitative estimate of drug-likeness (QED) is 0.539. The van der Waals surface area contributed by atoms with Crippen molar-refractivity contribution in [3.8, 4) is 5.75 Å². The van der Waals surface area contributed by atoms with Crippen molar-refractivity contribution in [3.63, 3.8) is 0 Å². The number of benzene rings is 2. The highest BCUT2D eigenvalue weighted by atomic mass is 35.5. The van der Waals surface area contributed by atoms with E-state index in [9.17, 15) is 13.2 Å². The van der Waals surface area contributed by atoms with Gasteiger partial charge in [0.05, 0.1) is 23.4 Å². The molecule has 0 fully saturated rings. The summed E-state index contributed by atoms with van der Waals surface area (Å²) in [6.07, 6.45) is 0. The number of nitrogens with one attached hydrogen (secondary N) is 1. The summed E-state index contributed by atoms with van der Waals surface area (Å²) in [5.74, 6) is 0.323. The number of ether oxygens (including phenoxy) is 1. The van der Waals surface area contributed by atoms with E-state index in [4.69, 9.17) is 16.3 Å². The van der Waals surface area contributed by atoms with Gasteiger partial charge < -0.3 is 10.1 Å². The Bertz CT molecular complexity index is 979. The zero-order chi connectivity index (χ0) is 22.3. The van der Waals surface area contributed by atoms with Crippen LogP contribution >= 0.6 is 23.4 Å². The number of methoxy groups -OCH3 is 1. The Morgan fingerprint density at radius 1 is 1.20 bits per heavy atom. The molecule has 0 radical (unpaired) electrons. The van der Waals surface area contributed by atoms with Crippen LogP contribution in [0.2, 0.25) is 5.02 Å². The maximum atomic E-state index is 12.8. The molecule has 1 amide bonds. The molecule has 1 unspecified atom stereocenters. The fourth-order valence-corrected chi connectivity index (χ4v) is 5.65. The van der Waals surface area contributed by atoms with Crippen LogP contribution in [0, 0.1) is 0 Å². The first-order chi connectivity index (χ1) is 14.2. The minimum absolute atomic E-state index is 0.0284. The van der Waals surface area contributed by atoms with E-state index in [0.717, 1.165) is 5.56 Å². The highest BCUT2D eigenvalue weighted by molar-refractivity contribution is 8.00. The van der Waals surface area contributed by atoms with Gasteiger partial charge >= 0.3 is 0 Å². The van der Waals surface area contributed by atoms with Crippen LogP contribution in [-0.2, 0) is 14.8 Å². The summed E-state index contributed by atoms with van der Waals surface area (Å²) in [4.78, 5) is 12.6. The lowest BCUT2D eigenvalue weighted by Crippen LogP contribution is -2.30. The second kappa shape index (κ2) is 11.0. The topological polar surface area (TPSA) is 75.7 Å². The van der Waals surface area contributed by atoms with E-state index in [2.05, 4.69) is 5.32 Å². The smallest absolute Gasteiger partial charge is 0.243 e. The normalized spacial score (nSPS) is 12.6. The minimum Gasteiger partial charge on any atom is -0.495 e. The molecule has 1 atom stereocenters. The van der Waals surface area contributed by atoms with Gasteiger partial charge in [-0.2, -0.15) is 4.31 Å². The molecule has 0 aromatic heterocycles. The number of hydrogen-bond acceptors (Lipinski definition) is 5. The highest BCUT2D eigenvalue weighted by Gasteiger charge is 2.23. The van der Waals surface area contributed by atoms with Crippen LogP contribution in [0.3, 0.4) is 0 Å². The molecule has 6 nitrogen and oxygen atoms in total. The molecular formula is C21H27ClN2O4S2. The number of hydrogen-bond donors (Lipinski definition) is 1. The lowest BCUT2D eigenvalue weighted by Gasteiger charge is -2.20. The van der Waals surface area contributed by atoms with E-state index < -0.39 is 10.0 Å². The van der Waals surface area contributed by atoms with Crippen molar-refractivity contribution < 1.29 is 17.9 Å². The fourth-order valence-electron chi connectivity index (χ4n) is 2.94. The second-order valence-corrected chi connectivity index (χ2v) is 10.1. The van der Waals surface area contributed by atoms with Crippen LogP contribution in [0.4, 0.5) is 5.69 Å². The molecule has 0 aliphatic heterocycles. The number of carbonyl (C=O) groups is 1. The summed E-state index contributed by atoms with van der Waals surface area (Å²) in [5, 5.41) is 3.46. The molecule has 2 rings (SSSR count). The Morgan fingerprint density at radius 2 is 1.87 bits per heavy atom. The molecule has 0 spiro atoms. The predicted octanol–water partition coefficient (Wildman–Crippen LogP) is 4.81. The number of rotatable bonds is 10. The third-order valence-corrected chi connectivity index (χ3v) is 8.17. The van der Waals surface area contributed by atoms with E-state index in [1.54, 1.807) is 19.9 Å². The number of sulfonamides is 1. The molecule has 0 aliphatic rings. The maximum absolute atomic E-state index is 12.8. The molecule has 0 aliphatic carbocycles. The first-order valence-corrected chi connectivity index (χ1v) is 12.4. The average molecular weight is 471 g/mol. The van der Waals surface area contributed by atoms with Gasteiger partial charge in [0.1, 0.15) is 5.75 Å².